The number of aromatic nitrogens is 6. The Hall–Kier alpha value is -3.97. The fraction of sp³-hybridized carbons (Fsp3) is 0.483. The lowest BCUT2D eigenvalue weighted by Gasteiger charge is -2.34. The van der Waals surface area contributed by atoms with Crippen LogP contribution < -0.4 is 9.64 Å². The van der Waals surface area contributed by atoms with Gasteiger partial charge < -0.3 is 24.4 Å². The van der Waals surface area contributed by atoms with Crippen LogP contribution in [0.4, 0.5) is 10.5 Å². The summed E-state index contributed by atoms with van der Waals surface area (Å²) in [6.07, 6.45) is 4.44. The monoisotopic (exact) mass is 592 g/mol. The second kappa shape index (κ2) is 12.1. The molecule has 13 heteroatoms. The molecule has 12 nitrogen and oxygen atoms in total. The number of carbonyl (C=O) groups is 1. The standard InChI is InChI=1S/C29H40N8O4Si/c1-20(2)25-26(23-8-7-22(16-30-23)34-9-11-35(12-10-34)29(38)39)33-37(19-41-13-14-42(4,5)6)27(25)21-15-24(40-3)28-31-18-32-36(28)17-21/h7-8,15-18,20H,9-14,19H2,1-6H3,(H,38,39). The Labute approximate surface area is 246 Å². The van der Waals surface area contributed by atoms with E-state index in [-0.39, 0.29) is 5.92 Å². The van der Waals surface area contributed by atoms with E-state index in [1.807, 2.05) is 35.3 Å². The number of amides is 1. The van der Waals surface area contributed by atoms with Crippen molar-refractivity contribution in [3.8, 4) is 28.4 Å². The van der Waals surface area contributed by atoms with Crippen LogP contribution in [0.15, 0.2) is 36.9 Å². The zero-order valence-corrected chi connectivity index (χ0v) is 26.2. The highest BCUT2D eigenvalue weighted by atomic mass is 28.3. The Balaban J connectivity index is 1.52. The van der Waals surface area contributed by atoms with Crippen LogP contribution in [0.3, 0.4) is 0 Å². The van der Waals surface area contributed by atoms with Crippen molar-refractivity contribution in [1.29, 1.82) is 0 Å². The van der Waals surface area contributed by atoms with Gasteiger partial charge in [0.1, 0.15) is 18.8 Å². The van der Waals surface area contributed by atoms with Gasteiger partial charge in [-0.05, 0) is 30.2 Å². The van der Waals surface area contributed by atoms with Gasteiger partial charge in [-0.1, -0.05) is 33.5 Å². The number of methoxy groups -OCH3 is 1. The van der Waals surface area contributed by atoms with Crippen LogP contribution >= 0.6 is 0 Å². The molecular weight excluding hydrogens is 552 g/mol. The molecule has 0 saturated carbocycles. The molecule has 4 aromatic heterocycles. The summed E-state index contributed by atoms with van der Waals surface area (Å²) in [5.41, 5.74) is 6.06. The van der Waals surface area contributed by atoms with E-state index in [9.17, 15) is 9.90 Å². The lowest BCUT2D eigenvalue weighted by molar-refractivity contribution is 0.0799. The Morgan fingerprint density at radius 2 is 1.88 bits per heavy atom. The SMILES string of the molecule is COc1cc(-c2c(C(C)C)c(-c3ccc(N4CCN(C(=O)O)CC4)cn3)nn2COCC[Si](C)(C)C)cn2ncnc12. The second-order valence-corrected chi connectivity index (χ2v) is 17.7. The number of piperazine rings is 1. The average molecular weight is 593 g/mol. The number of rotatable bonds is 10. The van der Waals surface area contributed by atoms with Crippen molar-refractivity contribution < 1.29 is 19.4 Å². The normalized spacial score (nSPS) is 14.3. The molecule has 42 heavy (non-hydrogen) atoms. The van der Waals surface area contributed by atoms with E-state index in [1.54, 1.807) is 11.6 Å². The third kappa shape index (κ3) is 6.26. The van der Waals surface area contributed by atoms with Crippen LogP contribution in [0.2, 0.25) is 25.7 Å². The van der Waals surface area contributed by atoms with E-state index in [1.165, 1.54) is 11.2 Å². The van der Waals surface area contributed by atoms with Gasteiger partial charge in [0, 0.05) is 58.2 Å². The molecule has 4 aromatic rings. The van der Waals surface area contributed by atoms with Gasteiger partial charge in [0.05, 0.1) is 30.4 Å². The number of nitrogens with zero attached hydrogens (tertiary/aromatic N) is 8. The van der Waals surface area contributed by atoms with Crippen LogP contribution in [0, 0.1) is 0 Å². The van der Waals surface area contributed by atoms with E-state index < -0.39 is 14.2 Å². The molecule has 5 rings (SSSR count). The summed E-state index contributed by atoms with van der Waals surface area (Å²) in [7, 11) is 0.382. The molecule has 0 bridgehead atoms. The Kier molecular flexibility index (Phi) is 8.50. The maximum Gasteiger partial charge on any atom is 0.407 e. The lowest BCUT2D eigenvalue weighted by Crippen LogP contribution is -2.48. The van der Waals surface area contributed by atoms with E-state index in [2.05, 4.69) is 48.5 Å². The Morgan fingerprint density at radius 1 is 1.12 bits per heavy atom. The quantitative estimate of drug-likeness (QED) is 0.202. The third-order valence-corrected chi connectivity index (χ3v) is 9.22. The number of carboxylic acid groups (broad SMARTS) is 1. The van der Waals surface area contributed by atoms with Gasteiger partial charge in [0.15, 0.2) is 11.4 Å². The molecule has 224 valence electrons. The molecule has 1 N–H and O–H groups in total. The summed E-state index contributed by atoms with van der Waals surface area (Å²) in [6.45, 7) is 14.5. The van der Waals surface area contributed by atoms with Gasteiger partial charge in [-0.15, -0.1) is 0 Å². The summed E-state index contributed by atoms with van der Waals surface area (Å²) < 4.78 is 15.5. The molecule has 0 spiro atoms. The highest BCUT2D eigenvalue weighted by Gasteiger charge is 2.26. The van der Waals surface area contributed by atoms with Crippen molar-refractivity contribution in [2.24, 2.45) is 0 Å². The molecule has 1 fully saturated rings. The van der Waals surface area contributed by atoms with E-state index in [0.29, 0.717) is 50.9 Å². The molecule has 5 heterocycles. The van der Waals surface area contributed by atoms with Crippen molar-refractivity contribution in [3.63, 3.8) is 0 Å². The molecule has 0 aliphatic carbocycles. The topological polar surface area (TPSA) is 123 Å². The minimum absolute atomic E-state index is 0.133. The number of hydrogen-bond acceptors (Lipinski definition) is 8. The number of anilines is 1. The first-order valence-corrected chi connectivity index (χ1v) is 18.0. The maximum atomic E-state index is 11.3. The highest BCUT2D eigenvalue weighted by molar-refractivity contribution is 6.76. The maximum absolute atomic E-state index is 11.3. The summed E-state index contributed by atoms with van der Waals surface area (Å²) >= 11 is 0. The number of fused-ring (bicyclic) bond motifs is 1. The predicted octanol–water partition coefficient (Wildman–Crippen LogP) is 4.90. The molecule has 0 unspecified atom stereocenters. The van der Waals surface area contributed by atoms with Gasteiger partial charge in [0.25, 0.3) is 0 Å². The van der Waals surface area contributed by atoms with Gasteiger partial charge in [0.2, 0.25) is 0 Å². The average Bonchev–Trinajstić information content (AvgIpc) is 3.59. The van der Waals surface area contributed by atoms with Gasteiger partial charge in [-0.3, -0.25) is 4.98 Å². The smallest absolute Gasteiger partial charge is 0.407 e. The van der Waals surface area contributed by atoms with Crippen molar-refractivity contribution >= 4 is 25.5 Å². The van der Waals surface area contributed by atoms with Crippen LogP contribution in [0.1, 0.15) is 25.3 Å². The molecule has 0 radical (unpaired) electrons. The predicted molar refractivity (Wildman–Crippen MR) is 164 cm³/mol. The van der Waals surface area contributed by atoms with Crippen molar-refractivity contribution in [2.45, 2.75) is 52.2 Å². The minimum Gasteiger partial charge on any atom is -0.493 e. The summed E-state index contributed by atoms with van der Waals surface area (Å²) in [5, 5.41) is 18.7. The van der Waals surface area contributed by atoms with E-state index >= 15 is 0 Å². The zero-order valence-electron chi connectivity index (χ0n) is 25.2. The number of ether oxygens (including phenoxy) is 2. The fourth-order valence-electron chi connectivity index (χ4n) is 5.18. The first kappa shape index (κ1) is 29.5. The summed E-state index contributed by atoms with van der Waals surface area (Å²) in [4.78, 5) is 24.1. The molecular formula is C29H40N8O4Si. The highest BCUT2D eigenvalue weighted by Crippen LogP contribution is 2.38. The molecule has 1 aliphatic heterocycles. The van der Waals surface area contributed by atoms with Gasteiger partial charge in [-0.2, -0.15) is 10.2 Å². The first-order chi connectivity index (χ1) is 20.1. The largest absolute Gasteiger partial charge is 0.493 e. The fourth-order valence-corrected chi connectivity index (χ4v) is 5.94. The molecule has 0 atom stereocenters. The van der Waals surface area contributed by atoms with Crippen LogP contribution in [0.5, 0.6) is 5.75 Å². The Morgan fingerprint density at radius 3 is 2.50 bits per heavy atom. The van der Waals surface area contributed by atoms with Crippen LogP contribution in [-0.4, -0.2) is 93.4 Å². The zero-order chi connectivity index (χ0) is 30.0. The van der Waals surface area contributed by atoms with E-state index in [0.717, 1.165) is 39.9 Å². The number of hydrogen-bond donors (Lipinski definition) is 1. The summed E-state index contributed by atoms with van der Waals surface area (Å²) in [5.74, 6) is 0.757. The van der Waals surface area contributed by atoms with Crippen molar-refractivity contribution in [1.82, 2.24) is 34.3 Å². The Bertz CT molecular complexity index is 1540. The van der Waals surface area contributed by atoms with Gasteiger partial charge >= 0.3 is 6.09 Å². The number of pyridine rings is 2. The molecule has 1 saturated heterocycles. The summed E-state index contributed by atoms with van der Waals surface area (Å²) in [6, 6.07) is 7.07. The second-order valence-electron chi connectivity index (χ2n) is 12.1. The molecule has 1 amide bonds. The van der Waals surface area contributed by atoms with Gasteiger partial charge in [-0.25, -0.2) is 19.0 Å². The van der Waals surface area contributed by atoms with Crippen LogP contribution in [0.25, 0.3) is 28.3 Å². The molecule has 1 aliphatic rings. The van der Waals surface area contributed by atoms with Crippen LogP contribution in [-0.2, 0) is 11.5 Å². The lowest BCUT2D eigenvalue weighted by atomic mass is 9.95. The van der Waals surface area contributed by atoms with Crippen molar-refractivity contribution in [2.75, 3.05) is 44.8 Å². The minimum atomic E-state index is -1.25. The van der Waals surface area contributed by atoms with Crippen molar-refractivity contribution in [3.05, 3.63) is 42.5 Å². The van der Waals surface area contributed by atoms with E-state index in [4.69, 9.17) is 19.6 Å². The molecule has 0 aromatic carbocycles. The third-order valence-electron chi connectivity index (χ3n) is 7.52. The first-order valence-electron chi connectivity index (χ1n) is 14.3.